The molecule has 2 rings (SSSR count). The first-order valence-corrected chi connectivity index (χ1v) is 8.77. The number of amides is 1. The molecule has 0 unspecified atom stereocenters. The van der Waals surface area contributed by atoms with Crippen molar-refractivity contribution >= 4 is 27.3 Å². The van der Waals surface area contributed by atoms with E-state index >= 15 is 0 Å². The minimum Gasteiger partial charge on any atom is -0.390 e. The Bertz CT molecular complexity index is 626. The van der Waals surface area contributed by atoms with Crippen molar-refractivity contribution in [1.82, 2.24) is 14.6 Å². The minimum absolute atomic E-state index is 0.113. The van der Waals surface area contributed by atoms with Gasteiger partial charge in [-0.25, -0.2) is 18.1 Å². The number of nitrogens with one attached hydrogen (secondary N) is 1. The molecule has 0 aliphatic carbocycles. The van der Waals surface area contributed by atoms with Gasteiger partial charge >= 0.3 is 0 Å². The van der Waals surface area contributed by atoms with Crippen molar-refractivity contribution in [1.29, 1.82) is 0 Å². The molecule has 1 saturated heterocycles. The number of aliphatic hydroxyl groups excluding tert-OH is 1. The van der Waals surface area contributed by atoms with Gasteiger partial charge in [-0.1, -0.05) is 0 Å². The number of rotatable bonds is 3. The number of likely N-dealkylation sites (tertiary alicyclic amines) is 1. The van der Waals surface area contributed by atoms with Crippen LogP contribution >= 0.6 is 11.3 Å². The van der Waals surface area contributed by atoms with Crippen LogP contribution in [0.2, 0.25) is 0 Å². The Morgan fingerprint density at radius 1 is 1.45 bits per heavy atom. The second kappa shape index (κ2) is 5.40. The summed E-state index contributed by atoms with van der Waals surface area (Å²) < 4.78 is 24.7. The van der Waals surface area contributed by atoms with Gasteiger partial charge in [0, 0.05) is 13.1 Å². The summed E-state index contributed by atoms with van der Waals surface area (Å²) in [5, 5.41) is 10.7. The Morgan fingerprint density at radius 2 is 2.10 bits per heavy atom. The summed E-state index contributed by atoms with van der Waals surface area (Å²) in [7, 11) is -3.42. The van der Waals surface area contributed by atoms with E-state index in [9.17, 15) is 18.3 Å². The van der Waals surface area contributed by atoms with Gasteiger partial charge in [-0.05, 0) is 13.8 Å². The molecule has 2 atom stereocenters. The van der Waals surface area contributed by atoms with Crippen LogP contribution in [-0.2, 0) is 10.0 Å². The Morgan fingerprint density at radius 3 is 2.60 bits per heavy atom. The number of aliphatic hydroxyl groups is 1. The van der Waals surface area contributed by atoms with Crippen LogP contribution < -0.4 is 4.72 Å². The molecular formula is C11H17N3O4S2. The van der Waals surface area contributed by atoms with Crippen molar-refractivity contribution in [3.63, 3.8) is 0 Å². The van der Waals surface area contributed by atoms with Crippen LogP contribution in [0.25, 0.3) is 0 Å². The normalized spacial score (nSPS) is 23.3. The van der Waals surface area contributed by atoms with E-state index in [4.69, 9.17) is 0 Å². The van der Waals surface area contributed by atoms with Gasteiger partial charge in [0.25, 0.3) is 5.91 Å². The zero-order valence-electron chi connectivity index (χ0n) is 11.5. The van der Waals surface area contributed by atoms with Crippen LogP contribution in [0.4, 0.5) is 0 Å². The minimum atomic E-state index is -3.42. The van der Waals surface area contributed by atoms with E-state index in [0.29, 0.717) is 10.6 Å². The van der Waals surface area contributed by atoms with E-state index < -0.39 is 22.2 Å². The molecule has 1 aromatic heterocycles. The number of β-amino-alcohol motifs (C(OH)–C–C–N with tert-alkyl or cyclic N) is 1. The lowest BCUT2D eigenvalue weighted by molar-refractivity contribution is 0.0768. The molecule has 1 amide bonds. The highest BCUT2D eigenvalue weighted by Crippen LogP contribution is 2.22. The predicted molar refractivity (Wildman–Crippen MR) is 75.3 cm³/mol. The lowest BCUT2D eigenvalue weighted by Crippen LogP contribution is -2.42. The Labute approximate surface area is 121 Å². The molecule has 0 saturated carbocycles. The first-order valence-electron chi connectivity index (χ1n) is 6.06. The monoisotopic (exact) mass is 319 g/mol. The molecule has 2 N–H and O–H groups in total. The fourth-order valence-corrected chi connectivity index (χ4v) is 3.89. The fourth-order valence-electron chi connectivity index (χ4n) is 2.22. The fraction of sp³-hybridized carbons (Fsp3) is 0.636. The highest BCUT2D eigenvalue weighted by molar-refractivity contribution is 7.88. The van der Waals surface area contributed by atoms with Gasteiger partial charge in [-0.2, -0.15) is 0 Å². The van der Waals surface area contributed by atoms with E-state index in [1.807, 2.05) is 6.92 Å². The molecule has 0 bridgehead atoms. The van der Waals surface area contributed by atoms with E-state index in [2.05, 4.69) is 9.71 Å². The summed E-state index contributed by atoms with van der Waals surface area (Å²) in [6.45, 7) is 3.85. The van der Waals surface area contributed by atoms with Gasteiger partial charge in [0.15, 0.2) is 0 Å². The topological polar surface area (TPSA) is 99.6 Å². The zero-order valence-corrected chi connectivity index (χ0v) is 13.1. The summed E-state index contributed by atoms with van der Waals surface area (Å²) in [6, 6.07) is -0.664. The van der Waals surface area contributed by atoms with E-state index in [0.717, 1.165) is 11.3 Å². The van der Waals surface area contributed by atoms with Crippen molar-refractivity contribution in [2.75, 3.05) is 19.3 Å². The molecule has 0 aromatic carbocycles. The van der Waals surface area contributed by atoms with Crippen molar-refractivity contribution in [3.05, 3.63) is 15.6 Å². The Hall–Kier alpha value is -1.03. The molecule has 7 nitrogen and oxygen atoms in total. The smallest absolute Gasteiger partial charge is 0.266 e. The molecule has 2 heterocycles. The molecule has 20 heavy (non-hydrogen) atoms. The second-order valence-electron chi connectivity index (χ2n) is 4.92. The summed E-state index contributed by atoms with van der Waals surface area (Å²) in [5.74, 6) is -0.218. The van der Waals surface area contributed by atoms with Gasteiger partial charge in [-0.3, -0.25) is 4.79 Å². The van der Waals surface area contributed by atoms with Crippen LogP contribution in [0.5, 0.6) is 0 Å². The number of hydrogen-bond acceptors (Lipinski definition) is 6. The first-order chi connectivity index (χ1) is 9.17. The number of carbonyl (C=O) groups excluding carboxylic acids is 1. The first kappa shape index (κ1) is 15.4. The number of sulfonamides is 1. The summed E-state index contributed by atoms with van der Waals surface area (Å²) in [6.07, 6.45) is 0.129. The lowest BCUT2D eigenvalue weighted by Gasteiger charge is -2.15. The molecule has 9 heteroatoms. The molecule has 112 valence electrons. The molecule has 1 aliphatic rings. The summed E-state index contributed by atoms with van der Waals surface area (Å²) >= 11 is 1.30. The van der Waals surface area contributed by atoms with Crippen molar-refractivity contribution in [2.24, 2.45) is 0 Å². The van der Waals surface area contributed by atoms with Crippen LogP contribution in [0.1, 0.15) is 20.4 Å². The number of carbonyl (C=O) groups is 1. The summed E-state index contributed by atoms with van der Waals surface area (Å²) in [5.41, 5.74) is 0.659. The summed E-state index contributed by atoms with van der Waals surface area (Å²) in [4.78, 5) is 18.5. The van der Waals surface area contributed by atoms with Gasteiger partial charge < -0.3 is 10.0 Å². The molecule has 0 spiro atoms. The Balaban J connectivity index is 2.12. The van der Waals surface area contributed by atoms with Gasteiger partial charge in [0.2, 0.25) is 10.0 Å². The van der Waals surface area contributed by atoms with Crippen LogP contribution in [0.3, 0.4) is 0 Å². The highest BCUT2D eigenvalue weighted by atomic mass is 32.2. The van der Waals surface area contributed by atoms with E-state index in [-0.39, 0.29) is 19.0 Å². The SMILES string of the molecule is Cc1nc(C)c(C(=O)N2C[C@@H](O)[C@H](NS(C)(=O)=O)C2)s1. The van der Waals surface area contributed by atoms with Crippen molar-refractivity contribution in [3.8, 4) is 0 Å². The number of aryl methyl sites for hydroxylation is 2. The molecular weight excluding hydrogens is 302 g/mol. The van der Waals surface area contributed by atoms with E-state index in [1.54, 1.807) is 6.92 Å². The quantitative estimate of drug-likeness (QED) is 0.782. The zero-order chi connectivity index (χ0) is 15.1. The predicted octanol–water partition coefficient (Wildman–Crippen LogP) is -0.506. The average molecular weight is 319 g/mol. The van der Waals surface area contributed by atoms with E-state index in [1.165, 1.54) is 16.2 Å². The van der Waals surface area contributed by atoms with Gasteiger partial charge in [-0.15, -0.1) is 11.3 Å². The number of aromatic nitrogens is 1. The number of hydrogen-bond donors (Lipinski definition) is 2. The lowest BCUT2D eigenvalue weighted by atomic mass is 10.2. The molecule has 1 aliphatic heterocycles. The van der Waals surface area contributed by atoms with Gasteiger partial charge in [0.1, 0.15) is 4.88 Å². The average Bonchev–Trinajstić information content (AvgIpc) is 2.80. The maximum absolute atomic E-state index is 12.3. The van der Waals surface area contributed by atoms with Crippen LogP contribution in [-0.4, -0.2) is 60.8 Å². The van der Waals surface area contributed by atoms with Crippen molar-refractivity contribution in [2.45, 2.75) is 26.0 Å². The van der Waals surface area contributed by atoms with Crippen molar-refractivity contribution < 1.29 is 18.3 Å². The third-order valence-corrected chi connectivity index (χ3v) is 4.83. The largest absolute Gasteiger partial charge is 0.390 e. The maximum Gasteiger partial charge on any atom is 0.266 e. The highest BCUT2D eigenvalue weighted by Gasteiger charge is 2.36. The second-order valence-corrected chi connectivity index (χ2v) is 7.90. The Kier molecular flexibility index (Phi) is 4.14. The molecule has 1 fully saturated rings. The van der Waals surface area contributed by atoms with Gasteiger partial charge in [0.05, 0.1) is 29.1 Å². The number of thiazole rings is 1. The maximum atomic E-state index is 12.3. The molecule has 0 radical (unpaired) electrons. The number of nitrogens with zero attached hydrogens (tertiary/aromatic N) is 2. The third-order valence-electron chi connectivity index (χ3n) is 3.04. The standard InChI is InChI=1S/C11H17N3O4S2/c1-6-10(19-7(2)12-6)11(16)14-4-8(9(15)5-14)13-20(3,17)18/h8-9,13,15H,4-5H2,1-3H3/t8-,9-/m1/s1. The third kappa shape index (κ3) is 3.35. The van der Waals surface area contributed by atoms with Crippen LogP contribution in [0.15, 0.2) is 0 Å². The van der Waals surface area contributed by atoms with Crippen LogP contribution in [0, 0.1) is 13.8 Å². The molecule has 1 aromatic rings.